The molecule has 28 heavy (non-hydrogen) atoms. The number of carbonyl (C=O) groups is 3. The number of carbonyl (C=O) groups excluding carboxylic acids is 3. The van der Waals surface area contributed by atoms with E-state index in [2.05, 4.69) is 5.32 Å². The van der Waals surface area contributed by atoms with Gasteiger partial charge < -0.3 is 19.7 Å². The van der Waals surface area contributed by atoms with E-state index < -0.39 is 5.54 Å². The van der Waals surface area contributed by atoms with Crippen molar-refractivity contribution in [2.24, 2.45) is 0 Å². The molecule has 2 heterocycles. The summed E-state index contributed by atoms with van der Waals surface area (Å²) < 4.78 is 10.5. The molecule has 2 aliphatic heterocycles. The first-order chi connectivity index (χ1) is 13.3. The molecule has 152 valence electrons. The maximum Gasteiger partial charge on any atom is 0.325 e. The van der Waals surface area contributed by atoms with Crippen molar-refractivity contribution in [1.82, 2.24) is 15.1 Å². The van der Waals surface area contributed by atoms with Gasteiger partial charge in [0, 0.05) is 19.1 Å². The van der Waals surface area contributed by atoms with Crippen LogP contribution in [-0.2, 0) is 16.0 Å². The lowest BCUT2D eigenvalue weighted by Crippen LogP contribution is -2.56. The van der Waals surface area contributed by atoms with Crippen LogP contribution >= 0.6 is 0 Å². The van der Waals surface area contributed by atoms with Crippen LogP contribution in [0.25, 0.3) is 0 Å². The summed E-state index contributed by atoms with van der Waals surface area (Å²) in [5, 5.41) is 2.86. The van der Waals surface area contributed by atoms with Gasteiger partial charge in [-0.3, -0.25) is 14.5 Å². The van der Waals surface area contributed by atoms with Crippen LogP contribution in [0.3, 0.4) is 0 Å². The van der Waals surface area contributed by atoms with Crippen molar-refractivity contribution in [2.45, 2.75) is 44.7 Å². The lowest BCUT2D eigenvalue weighted by Gasteiger charge is -2.37. The summed E-state index contributed by atoms with van der Waals surface area (Å²) in [4.78, 5) is 40.6. The molecule has 0 radical (unpaired) electrons. The third-order valence-electron chi connectivity index (χ3n) is 5.48. The Hall–Kier alpha value is -2.77. The molecule has 0 bridgehead atoms. The number of hydrogen-bond donors (Lipinski definition) is 1. The number of ether oxygens (including phenoxy) is 2. The highest BCUT2D eigenvalue weighted by Gasteiger charge is 2.53. The highest BCUT2D eigenvalue weighted by molar-refractivity contribution is 6.07. The minimum atomic E-state index is -0.874. The molecule has 2 saturated heterocycles. The molecule has 4 amide bonds. The number of likely N-dealkylation sites (tertiary alicyclic amines) is 1. The van der Waals surface area contributed by atoms with Gasteiger partial charge in [-0.15, -0.1) is 0 Å². The number of piperidine rings is 1. The van der Waals surface area contributed by atoms with E-state index >= 15 is 0 Å². The van der Waals surface area contributed by atoms with Crippen molar-refractivity contribution >= 4 is 17.8 Å². The molecule has 8 nitrogen and oxygen atoms in total. The zero-order valence-electron chi connectivity index (χ0n) is 16.8. The fourth-order valence-corrected chi connectivity index (χ4v) is 3.86. The topological polar surface area (TPSA) is 88.2 Å². The van der Waals surface area contributed by atoms with Crippen molar-refractivity contribution in [3.63, 3.8) is 0 Å². The molecular formula is C20H27N3O5. The Morgan fingerprint density at radius 3 is 2.32 bits per heavy atom. The maximum atomic E-state index is 12.7. The average Bonchev–Trinajstić information content (AvgIpc) is 2.91. The summed E-state index contributed by atoms with van der Waals surface area (Å²) in [7, 11) is 3.12. The van der Waals surface area contributed by atoms with Crippen molar-refractivity contribution in [2.75, 3.05) is 27.3 Å². The molecule has 8 heteroatoms. The van der Waals surface area contributed by atoms with Crippen LogP contribution in [0.15, 0.2) is 18.2 Å². The summed E-state index contributed by atoms with van der Waals surface area (Å²) >= 11 is 0. The van der Waals surface area contributed by atoms with Gasteiger partial charge in [0.25, 0.3) is 5.91 Å². The Morgan fingerprint density at radius 1 is 1.14 bits per heavy atom. The van der Waals surface area contributed by atoms with Crippen LogP contribution in [0.1, 0.15) is 32.3 Å². The monoisotopic (exact) mass is 389 g/mol. The Kier molecular flexibility index (Phi) is 5.49. The predicted octanol–water partition coefficient (Wildman–Crippen LogP) is 1.57. The van der Waals surface area contributed by atoms with Gasteiger partial charge in [-0.2, -0.15) is 0 Å². The normalized spacial score (nSPS) is 18.6. The number of nitrogens with one attached hydrogen (secondary N) is 1. The smallest absolute Gasteiger partial charge is 0.325 e. The van der Waals surface area contributed by atoms with Gasteiger partial charge in [-0.05, 0) is 44.4 Å². The number of amides is 4. The van der Waals surface area contributed by atoms with E-state index in [-0.39, 0.29) is 30.3 Å². The van der Waals surface area contributed by atoms with Crippen LogP contribution in [0.5, 0.6) is 11.5 Å². The van der Waals surface area contributed by atoms with Crippen molar-refractivity contribution in [3.8, 4) is 11.5 Å². The molecule has 0 aromatic heterocycles. The van der Waals surface area contributed by atoms with E-state index in [4.69, 9.17) is 9.47 Å². The van der Waals surface area contributed by atoms with E-state index in [0.29, 0.717) is 37.4 Å². The highest BCUT2D eigenvalue weighted by Crippen LogP contribution is 2.31. The van der Waals surface area contributed by atoms with E-state index in [1.54, 1.807) is 31.3 Å². The van der Waals surface area contributed by atoms with Crippen LogP contribution < -0.4 is 14.8 Å². The molecule has 3 rings (SSSR count). The first-order valence-electron chi connectivity index (χ1n) is 9.46. The van der Waals surface area contributed by atoms with Gasteiger partial charge in [-0.1, -0.05) is 6.07 Å². The Labute approximate surface area is 164 Å². The zero-order chi connectivity index (χ0) is 20.5. The third-order valence-corrected chi connectivity index (χ3v) is 5.48. The van der Waals surface area contributed by atoms with Gasteiger partial charge in [-0.25, -0.2) is 4.79 Å². The van der Waals surface area contributed by atoms with Crippen LogP contribution in [0, 0.1) is 0 Å². The lowest BCUT2D eigenvalue weighted by molar-refractivity contribution is -0.138. The van der Waals surface area contributed by atoms with Crippen molar-refractivity contribution in [3.05, 3.63) is 23.8 Å². The number of hydrogen-bond acceptors (Lipinski definition) is 5. The number of rotatable bonds is 5. The van der Waals surface area contributed by atoms with Crippen molar-refractivity contribution in [1.29, 1.82) is 0 Å². The summed E-state index contributed by atoms with van der Waals surface area (Å²) in [5.74, 6) is 1.00. The lowest BCUT2D eigenvalue weighted by atomic mass is 9.87. The molecule has 0 atom stereocenters. The molecule has 1 aromatic carbocycles. The Balaban J connectivity index is 1.63. The molecule has 1 spiro atoms. The average molecular weight is 389 g/mol. The first kappa shape index (κ1) is 20.0. The van der Waals surface area contributed by atoms with Gasteiger partial charge in [0.15, 0.2) is 11.5 Å². The minimum Gasteiger partial charge on any atom is -0.493 e. The largest absolute Gasteiger partial charge is 0.493 e. The van der Waals surface area contributed by atoms with E-state index in [9.17, 15) is 14.4 Å². The predicted molar refractivity (Wildman–Crippen MR) is 102 cm³/mol. The second-order valence-electron chi connectivity index (χ2n) is 7.53. The van der Waals surface area contributed by atoms with Gasteiger partial charge >= 0.3 is 6.03 Å². The third kappa shape index (κ3) is 3.50. The maximum absolute atomic E-state index is 12.7. The first-order valence-corrected chi connectivity index (χ1v) is 9.46. The molecular weight excluding hydrogens is 362 g/mol. The summed E-state index contributed by atoms with van der Waals surface area (Å²) in [6, 6.07) is 4.89. The molecule has 1 aromatic rings. The van der Waals surface area contributed by atoms with Gasteiger partial charge in [0.2, 0.25) is 5.91 Å². The molecule has 0 unspecified atom stereocenters. The Bertz CT molecular complexity index is 784. The van der Waals surface area contributed by atoms with E-state index in [1.807, 2.05) is 19.9 Å². The van der Waals surface area contributed by atoms with Gasteiger partial charge in [0.05, 0.1) is 20.6 Å². The molecule has 2 fully saturated rings. The van der Waals surface area contributed by atoms with E-state index in [0.717, 1.165) is 5.56 Å². The number of benzene rings is 1. The Morgan fingerprint density at radius 2 is 1.79 bits per heavy atom. The van der Waals surface area contributed by atoms with Crippen molar-refractivity contribution < 1.29 is 23.9 Å². The minimum absolute atomic E-state index is 0.0143. The zero-order valence-corrected chi connectivity index (χ0v) is 16.8. The second-order valence-corrected chi connectivity index (χ2v) is 7.53. The second kappa shape index (κ2) is 7.69. The molecule has 0 aliphatic carbocycles. The van der Waals surface area contributed by atoms with Gasteiger partial charge in [0.1, 0.15) is 5.54 Å². The summed E-state index contributed by atoms with van der Waals surface area (Å²) in [5.41, 5.74) is -0.0410. The number of nitrogens with zero attached hydrogens (tertiary/aromatic N) is 2. The van der Waals surface area contributed by atoms with Crippen LogP contribution in [0.2, 0.25) is 0 Å². The summed E-state index contributed by atoms with van der Waals surface area (Å²) in [6.07, 6.45) is 1.10. The molecule has 2 aliphatic rings. The fourth-order valence-electron chi connectivity index (χ4n) is 3.86. The number of urea groups is 1. The highest BCUT2D eigenvalue weighted by atomic mass is 16.5. The summed E-state index contributed by atoms with van der Waals surface area (Å²) in [6.45, 7) is 4.50. The van der Waals surface area contributed by atoms with Crippen LogP contribution in [0.4, 0.5) is 4.79 Å². The quantitative estimate of drug-likeness (QED) is 0.773. The molecule has 1 N–H and O–H groups in total. The van der Waals surface area contributed by atoms with E-state index in [1.165, 1.54) is 4.90 Å². The SMILES string of the molecule is COc1ccc(CC(=O)N2CCC3(CC2)NC(=O)N(C(C)C)C3=O)cc1OC. The van der Waals surface area contributed by atoms with Crippen LogP contribution in [-0.4, -0.2) is 66.5 Å². The number of imide groups is 1. The molecule has 0 saturated carbocycles. The fraction of sp³-hybridized carbons (Fsp3) is 0.550. The standard InChI is InChI=1S/C20H27N3O5/c1-13(2)23-18(25)20(21-19(23)26)7-9-22(10-8-20)17(24)12-14-5-6-15(27-3)16(11-14)28-4/h5-6,11,13H,7-10,12H2,1-4H3,(H,21,26). The number of methoxy groups -OCH3 is 2.